The second-order valence-electron chi connectivity index (χ2n) is 4.16. The molecule has 0 bridgehead atoms. The molecule has 2 rings (SSSR count). The number of hydrogen-bond acceptors (Lipinski definition) is 2. The highest BCUT2D eigenvalue weighted by molar-refractivity contribution is 14.1. The van der Waals surface area contributed by atoms with Gasteiger partial charge in [-0.3, -0.25) is 0 Å². The summed E-state index contributed by atoms with van der Waals surface area (Å²) in [4.78, 5) is 0. The highest BCUT2D eigenvalue weighted by atomic mass is 127. The summed E-state index contributed by atoms with van der Waals surface area (Å²) in [5, 5.41) is 18.0. The molecule has 0 saturated carbocycles. The Labute approximate surface area is 155 Å². The minimum absolute atomic E-state index is 0.340. The molecule has 2 aromatic rings. The molecule has 23 heavy (non-hydrogen) atoms. The van der Waals surface area contributed by atoms with Gasteiger partial charge in [0, 0.05) is 0 Å². The van der Waals surface area contributed by atoms with Crippen molar-refractivity contribution in [3.05, 3.63) is 57.2 Å². The highest BCUT2D eigenvalue weighted by Crippen LogP contribution is 2.20. The zero-order valence-corrected chi connectivity index (χ0v) is 17.4. The van der Waals surface area contributed by atoms with Gasteiger partial charge in [-0.15, -0.1) is 0 Å². The molecule has 0 atom stereocenters. The quantitative estimate of drug-likeness (QED) is 0.530. The fourth-order valence-corrected chi connectivity index (χ4v) is 2.08. The third-order valence-electron chi connectivity index (χ3n) is 2.76. The van der Waals surface area contributed by atoms with Crippen LogP contribution < -0.4 is 0 Å². The minimum Gasteiger partial charge on any atom is -0.508 e. The molecule has 0 aromatic heterocycles. The third kappa shape index (κ3) is 11.0. The Morgan fingerprint density at radius 3 is 1.57 bits per heavy atom. The Morgan fingerprint density at radius 1 is 0.739 bits per heavy atom. The third-order valence-corrected chi connectivity index (χ3v) is 3.63. The van der Waals surface area contributed by atoms with Crippen LogP contribution >= 0.6 is 22.6 Å². The summed E-state index contributed by atoms with van der Waals surface area (Å²) in [5.41, 5.74) is 2.52. The van der Waals surface area contributed by atoms with Gasteiger partial charge < -0.3 is 10.2 Å². The van der Waals surface area contributed by atoms with Crippen molar-refractivity contribution in [1.82, 2.24) is 0 Å². The van der Waals surface area contributed by atoms with Gasteiger partial charge in [-0.05, 0) is 70.8 Å². The van der Waals surface area contributed by atoms with Crippen LogP contribution in [0.25, 0.3) is 0 Å². The first kappa shape index (κ1) is 24.0. The van der Waals surface area contributed by atoms with E-state index in [0.717, 1.165) is 16.4 Å². The molecule has 3 heteroatoms. The number of phenolic OH excluding ortho intramolecular Hbond substituents is 2. The number of aryl methyl sites for hydroxylation is 2. The van der Waals surface area contributed by atoms with Crippen LogP contribution in [-0.2, 0) is 12.8 Å². The molecule has 0 aliphatic rings. The number of aromatic hydroxyl groups is 2. The van der Waals surface area contributed by atoms with Gasteiger partial charge in [-0.1, -0.05) is 59.7 Å². The van der Waals surface area contributed by atoms with E-state index in [-0.39, 0.29) is 0 Å². The van der Waals surface area contributed by atoms with Crippen molar-refractivity contribution in [3.8, 4) is 11.5 Å². The number of halogens is 1. The van der Waals surface area contributed by atoms with Crippen molar-refractivity contribution < 1.29 is 10.2 Å². The van der Waals surface area contributed by atoms with E-state index in [1.807, 2.05) is 52.0 Å². The van der Waals surface area contributed by atoms with Crippen molar-refractivity contribution in [1.29, 1.82) is 0 Å². The zero-order valence-electron chi connectivity index (χ0n) is 15.2. The molecule has 0 amide bonds. The Hall–Kier alpha value is -1.23. The molecule has 2 aromatic carbocycles. The number of phenols is 2. The summed E-state index contributed by atoms with van der Waals surface area (Å²) in [6, 6.07) is 12.9. The van der Waals surface area contributed by atoms with Crippen LogP contribution in [0.2, 0.25) is 0 Å². The van der Waals surface area contributed by atoms with Gasteiger partial charge >= 0.3 is 0 Å². The molecule has 130 valence electrons. The van der Waals surface area contributed by atoms with Crippen LogP contribution in [0.3, 0.4) is 0 Å². The Kier molecular flexibility index (Phi) is 16.4. The average Bonchev–Trinajstić information content (AvgIpc) is 2.62. The lowest BCUT2D eigenvalue weighted by Crippen LogP contribution is -1.80. The monoisotopic (exact) mass is 430 g/mol. The second-order valence-corrected chi connectivity index (χ2v) is 5.32. The van der Waals surface area contributed by atoms with E-state index in [1.54, 1.807) is 18.2 Å². The predicted molar refractivity (Wildman–Crippen MR) is 110 cm³/mol. The normalized spacial score (nSPS) is 8.48. The average molecular weight is 430 g/mol. The molecule has 0 saturated heterocycles. The first-order chi connectivity index (χ1) is 11.1. The smallest absolute Gasteiger partial charge is 0.128 e. The number of benzene rings is 2. The van der Waals surface area contributed by atoms with Gasteiger partial charge in [-0.25, -0.2) is 0 Å². The number of hydrogen-bond donors (Lipinski definition) is 2. The maximum absolute atomic E-state index is 9.13. The first-order valence-corrected chi connectivity index (χ1v) is 9.40. The van der Waals surface area contributed by atoms with E-state index in [1.165, 1.54) is 11.1 Å². The highest BCUT2D eigenvalue weighted by Gasteiger charge is 1.96. The summed E-state index contributed by atoms with van der Waals surface area (Å²) in [5.74, 6) is 0.713. The fourth-order valence-electron chi connectivity index (χ4n) is 1.50. The molecule has 0 aliphatic heterocycles. The molecular formula is C20H31IO2. The molecule has 2 nitrogen and oxygen atoms in total. The Balaban J connectivity index is 0. The summed E-state index contributed by atoms with van der Waals surface area (Å²) >= 11 is 2.12. The van der Waals surface area contributed by atoms with E-state index < -0.39 is 0 Å². The zero-order chi connectivity index (χ0) is 18.3. The first-order valence-electron chi connectivity index (χ1n) is 8.32. The van der Waals surface area contributed by atoms with Gasteiger partial charge in [0.05, 0.1) is 3.57 Å². The largest absolute Gasteiger partial charge is 0.508 e. The van der Waals surface area contributed by atoms with Gasteiger partial charge in [-0.2, -0.15) is 0 Å². The van der Waals surface area contributed by atoms with Crippen molar-refractivity contribution in [2.24, 2.45) is 0 Å². The van der Waals surface area contributed by atoms with Gasteiger partial charge in [0.2, 0.25) is 0 Å². The summed E-state index contributed by atoms with van der Waals surface area (Å²) < 4.78 is 0.928. The molecule has 0 fully saturated rings. The van der Waals surface area contributed by atoms with Gasteiger partial charge in [0.1, 0.15) is 11.5 Å². The van der Waals surface area contributed by atoms with Crippen molar-refractivity contribution in [2.45, 2.75) is 54.4 Å². The van der Waals surface area contributed by atoms with E-state index >= 15 is 0 Å². The predicted octanol–water partition coefficient (Wildman–Crippen LogP) is 6.57. The lowest BCUT2D eigenvalue weighted by atomic mass is 10.2. The molecule has 0 heterocycles. The second kappa shape index (κ2) is 15.7. The Bertz CT molecular complexity index is 508. The van der Waals surface area contributed by atoms with Crippen LogP contribution in [0.4, 0.5) is 0 Å². The standard InChI is InChI=1S/C8H9IO.C8H10O.2C2H6/c1-2-6-3-4-8(10)7(9)5-6;1-2-7-3-5-8(9)6-4-7;2*1-2/h3-5,10H,2H2,1H3;3-6,9H,2H2,1H3;2*1-2H3. The fraction of sp³-hybridized carbons (Fsp3) is 0.400. The van der Waals surface area contributed by atoms with E-state index in [9.17, 15) is 0 Å². The molecule has 0 unspecified atom stereocenters. The maximum Gasteiger partial charge on any atom is 0.128 e. The number of rotatable bonds is 2. The lowest BCUT2D eigenvalue weighted by molar-refractivity contribution is 0.471. The molecular weight excluding hydrogens is 399 g/mol. The summed E-state index contributed by atoms with van der Waals surface area (Å²) in [7, 11) is 0. The van der Waals surface area contributed by atoms with Crippen molar-refractivity contribution in [2.75, 3.05) is 0 Å². The van der Waals surface area contributed by atoms with Gasteiger partial charge in [0.15, 0.2) is 0 Å². The van der Waals surface area contributed by atoms with Crippen LogP contribution in [0, 0.1) is 3.57 Å². The van der Waals surface area contributed by atoms with E-state index in [2.05, 4.69) is 36.4 Å². The van der Waals surface area contributed by atoms with Crippen molar-refractivity contribution in [3.63, 3.8) is 0 Å². The molecule has 0 aliphatic carbocycles. The minimum atomic E-state index is 0.340. The summed E-state index contributed by atoms with van der Waals surface area (Å²) in [6.45, 7) is 12.2. The van der Waals surface area contributed by atoms with E-state index in [0.29, 0.717) is 11.5 Å². The van der Waals surface area contributed by atoms with Crippen LogP contribution in [0.5, 0.6) is 11.5 Å². The van der Waals surface area contributed by atoms with Crippen LogP contribution in [0.1, 0.15) is 52.7 Å². The van der Waals surface area contributed by atoms with Crippen molar-refractivity contribution >= 4 is 22.6 Å². The Morgan fingerprint density at radius 2 is 1.17 bits per heavy atom. The lowest BCUT2D eigenvalue weighted by Gasteiger charge is -1.98. The van der Waals surface area contributed by atoms with Crippen LogP contribution in [-0.4, -0.2) is 10.2 Å². The molecule has 0 spiro atoms. The maximum atomic E-state index is 9.13. The molecule has 0 radical (unpaired) electrons. The summed E-state index contributed by atoms with van der Waals surface area (Å²) in [6.07, 6.45) is 2.05. The SMILES string of the molecule is CC.CC.CCc1ccc(O)c(I)c1.CCc1ccc(O)cc1. The van der Waals surface area contributed by atoms with E-state index in [4.69, 9.17) is 10.2 Å². The van der Waals surface area contributed by atoms with Gasteiger partial charge in [0.25, 0.3) is 0 Å². The topological polar surface area (TPSA) is 40.5 Å². The molecule has 2 N–H and O–H groups in total. The van der Waals surface area contributed by atoms with Crippen LogP contribution in [0.15, 0.2) is 42.5 Å².